The third-order valence-corrected chi connectivity index (χ3v) is 7.16. The zero-order chi connectivity index (χ0) is 24.9. The number of hydrogen-bond donors (Lipinski definition) is 2. The van der Waals surface area contributed by atoms with Gasteiger partial charge in [-0.15, -0.1) is 0 Å². The highest BCUT2D eigenvalue weighted by molar-refractivity contribution is 5.80. The van der Waals surface area contributed by atoms with Gasteiger partial charge in [0.2, 0.25) is 5.91 Å². The number of ether oxygens (including phenoxy) is 1. The summed E-state index contributed by atoms with van der Waals surface area (Å²) >= 11 is 0. The van der Waals surface area contributed by atoms with E-state index >= 15 is 0 Å². The Labute approximate surface area is 206 Å². The fourth-order valence-electron chi connectivity index (χ4n) is 5.43. The monoisotopic (exact) mass is 478 g/mol. The summed E-state index contributed by atoms with van der Waals surface area (Å²) in [6.07, 6.45) is 2.38. The molecule has 2 amide bonds. The van der Waals surface area contributed by atoms with Gasteiger partial charge in [0.15, 0.2) is 0 Å². The second-order valence-corrected chi connectivity index (χ2v) is 9.80. The van der Waals surface area contributed by atoms with Crippen molar-refractivity contribution in [3.05, 3.63) is 59.7 Å². The summed E-state index contributed by atoms with van der Waals surface area (Å²) in [6, 6.07) is 16.2. The highest BCUT2D eigenvalue weighted by Gasteiger charge is 2.33. The van der Waals surface area contributed by atoms with E-state index in [2.05, 4.69) is 29.6 Å². The van der Waals surface area contributed by atoms with Crippen LogP contribution < -0.4 is 5.32 Å². The van der Waals surface area contributed by atoms with E-state index in [-0.39, 0.29) is 49.4 Å². The lowest BCUT2D eigenvalue weighted by Gasteiger charge is -2.34. The van der Waals surface area contributed by atoms with Gasteiger partial charge >= 0.3 is 12.1 Å². The van der Waals surface area contributed by atoms with Crippen molar-refractivity contribution in [1.82, 2.24) is 10.2 Å². The minimum Gasteiger partial charge on any atom is -0.481 e. The van der Waals surface area contributed by atoms with E-state index < -0.39 is 12.1 Å². The van der Waals surface area contributed by atoms with E-state index in [1.165, 1.54) is 22.3 Å². The van der Waals surface area contributed by atoms with Gasteiger partial charge in [0.05, 0.1) is 6.42 Å². The molecule has 2 aliphatic carbocycles. The summed E-state index contributed by atoms with van der Waals surface area (Å²) in [4.78, 5) is 38.4. The largest absolute Gasteiger partial charge is 0.481 e. The number of hydrogen-bond acceptors (Lipinski definition) is 4. The highest BCUT2D eigenvalue weighted by Crippen LogP contribution is 2.44. The van der Waals surface area contributed by atoms with E-state index in [1.807, 2.05) is 38.1 Å². The van der Waals surface area contributed by atoms with Crippen LogP contribution >= 0.6 is 0 Å². The second-order valence-electron chi connectivity index (χ2n) is 9.80. The first-order valence-corrected chi connectivity index (χ1v) is 12.5. The molecule has 0 aliphatic heterocycles. The summed E-state index contributed by atoms with van der Waals surface area (Å²) < 4.78 is 5.68. The van der Waals surface area contributed by atoms with E-state index in [0.29, 0.717) is 6.42 Å². The summed E-state index contributed by atoms with van der Waals surface area (Å²) in [5, 5.41) is 12.0. The summed E-state index contributed by atoms with van der Waals surface area (Å²) in [5.41, 5.74) is 4.70. The van der Waals surface area contributed by atoms with Gasteiger partial charge in [0, 0.05) is 30.5 Å². The van der Waals surface area contributed by atoms with Crippen molar-refractivity contribution in [3.63, 3.8) is 0 Å². The lowest BCUT2D eigenvalue weighted by Crippen LogP contribution is -2.46. The van der Waals surface area contributed by atoms with Crippen molar-refractivity contribution >= 4 is 18.0 Å². The molecule has 186 valence electrons. The van der Waals surface area contributed by atoms with E-state index in [4.69, 9.17) is 9.84 Å². The zero-order valence-corrected chi connectivity index (χ0v) is 20.4. The van der Waals surface area contributed by atoms with Crippen LogP contribution in [-0.2, 0) is 14.3 Å². The first kappa shape index (κ1) is 24.8. The van der Waals surface area contributed by atoms with Gasteiger partial charge in [-0.3, -0.25) is 9.59 Å². The standard InChI is InChI=1S/C28H34N2O5/c1-18(2)30(15-14-26(31)32)27(33)19-8-7-9-20(16-19)29-28(34)35-17-25-23-12-5-3-10-21(23)22-11-4-6-13-24(22)25/h3-6,10-13,18-20,25H,7-9,14-17H2,1-2H3,(H,29,34)(H,31,32)/t19-,20+/m1/s1. The maximum Gasteiger partial charge on any atom is 0.407 e. The van der Waals surface area contributed by atoms with Gasteiger partial charge in [-0.1, -0.05) is 55.0 Å². The van der Waals surface area contributed by atoms with Gasteiger partial charge in [0.1, 0.15) is 6.61 Å². The Kier molecular flexibility index (Phi) is 7.73. The fraction of sp³-hybridized carbons (Fsp3) is 0.464. The number of carboxylic acids is 1. The predicted octanol–water partition coefficient (Wildman–Crippen LogP) is 4.80. The smallest absolute Gasteiger partial charge is 0.407 e. The number of carboxylic acid groups (broad SMARTS) is 1. The van der Waals surface area contributed by atoms with Crippen molar-refractivity contribution in [3.8, 4) is 11.1 Å². The quantitative estimate of drug-likeness (QED) is 0.568. The molecule has 1 fully saturated rings. The second kappa shape index (κ2) is 10.9. The Bertz CT molecular complexity index is 1040. The van der Waals surface area contributed by atoms with Gasteiger partial charge in [-0.05, 0) is 55.4 Å². The molecule has 0 unspecified atom stereocenters. The first-order valence-electron chi connectivity index (χ1n) is 12.5. The third kappa shape index (κ3) is 5.66. The molecule has 0 bridgehead atoms. The van der Waals surface area contributed by atoms with Gasteiger partial charge in [-0.2, -0.15) is 0 Å². The molecule has 4 rings (SSSR count). The van der Waals surface area contributed by atoms with Crippen LogP contribution in [0.3, 0.4) is 0 Å². The van der Waals surface area contributed by atoms with Crippen LogP contribution in [0.4, 0.5) is 4.79 Å². The molecule has 2 aromatic carbocycles. The molecule has 0 aromatic heterocycles. The number of carbonyl (C=O) groups is 3. The molecular formula is C28H34N2O5. The Morgan fingerprint density at radius 3 is 2.26 bits per heavy atom. The van der Waals surface area contributed by atoms with Crippen LogP contribution in [0.15, 0.2) is 48.5 Å². The number of nitrogens with zero attached hydrogens (tertiary/aromatic N) is 1. The normalized spacial score (nSPS) is 19.1. The molecule has 2 aromatic rings. The van der Waals surface area contributed by atoms with Crippen molar-refractivity contribution in [2.24, 2.45) is 5.92 Å². The van der Waals surface area contributed by atoms with Crippen molar-refractivity contribution in [2.45, 2.75) is 64.0 Å². The number of alkyl carbamates (subject to hydrolysis) is 1. The average Bonchev–Trinajstić information content (AvgIpc) is 3.16. The molecule has 7 heteroatoms. The molecule has 2 aliphatic rings. The molecule has 1 saturated carbocycles. The van der Waals surface area contributed by atoms with E-state index in [1.54, 1.807) is 4.90 Å². The van der Waals surface area contributed by atoms with Gasteiger partial charge in [-0.25, -0.2) is 4.79 Å². The zero-order valence-electron chi connectivity index (χ0n) is 20.4. The predicted molar refractivity (Wildman–Crippen MR) is 133 cm³/mol. The lowest BCUT2D eigenvalue weighted by atomic mass is 9.84. The Hall–Kier alpha value is -3.35. The molecule has 0 radical (unpaired) electrons. The van der Waals surface area contributed by atoms with Gasteiger partial charge in [0.25, 0.3) is 0 Å². The molecule has 7 nitrogen and oxygen atoms in total. The minimum atomic E-state index is -0.915. The topological polar surface area (TPSA) is 95.9 Å². The highest BCUT2D eigenvalue weighted by atomic mass is 16.5. The summed E-state index contributed by atoms with van der Waals surface area (Å²) in [5.74, 6) is -1.16. The lowest BCUT2D eigenvalue weighted by molar-refractivity contribution is -0.141. The number of nitrogens with one attached hydrogen (secondary N) is 1. The number of fused-ring (bicyclic) bond motifs is 3. The van der Waals surface area contributed by atoms with Crippen LogP contribution in [-0.4, -0.2) is 53.2 Å². The number of aliphatic carboxylic acids is 1. The molecule has 35 heavy (non-hydrogen) atoms. The van der Waals surface area contributed by atoms with Crippen LogP contribution in [0.5, 0.6) is 0 Å². The molecule has 2 N–H and O–H groups in total. The Morgan fingerprint density at radius 1 is 1.03 bits per heavy atom. The van der Waals surface area contributed by atoms with Crippen molar-refractivity contribution in [2.75, 3.05) is 13.2 Å². The maximum absolute atomic E-state index is 13.1. The van der Waals surface area contributed by atoms with Crippen LogP contribution in [0, 0.1) is 5.92 Å². The fourth-order valence-corrected chi connectivity index (χ4v) is 5.43. The third-order valence-electron chi connectivity index (χ3n) is 7.16. The molecule has 2 atom stereocenters. The number of amides is 2. The van der Waals surface area contributed by atoms with Crippen LogP contribution in [0.1, 0.15) is 63.0 Å². The first-order chi connectivity index (χ1) is 16.8. The SMILES string of the molecule is CC(C)N(CCC(=O)O)C(=O)[C@@H]1CCC[C@H](NC(=O)OCC2c3ccccc3-c3ccccc32)C1. The van der Waals surface area contributed by atoms with Gasteiger partial charge < -0.3 is 20.1 Å². The summed E-state index contributed by atoms with van der Waals surface area (Å²) in [7, 11) is 0. The van der Waals surface area contributed by atoms with Crippen molar-refractivity contribution < 1.29 is 24.2 Å². The maximum atomic E-state index is 13.1. The number of benzene rings is 2. The number of carbonyl (C=O) groups excluding carboxylic acids is 2. The van der Waals surface area contributed by atoms with Crippen LogP contribution in [0.2, 0.25) is 0 Å². The summed E-state index contributed by atoms with van der Waals surface area (Å²) in [6.45, 7) is 4.25. The Balaban J connectivity index is 1.33. The molecule has 0 spiro atoms. The Morgan fingerprint density at radius 2 is 1.66 bits per heavy atom. The molecule has 0 saturated heterocycles. The van der Waals surface area contributed by atoms with E-state index in [9.17, 15) is 14.4 Å². The molecule has 0 heterocycles. The minimum absolute atomic E-state index is 0.00247. The van der Waals surface area contributed by atoms with Crippen molar-refractivity contribution in [1.29, 1.82) is 0 Å². The van der Waals surface area contributed by atoms with E-state index in [0.717, 1.165) is 19.3 Å². The van der Waals surface area contributed by atoms with Crippen LogP contribution in [0.25, 0.3) is 11.1 Å². The molecular weight excluding hydrogens is 444 g/mol. The number of rotatable bonds is 8. The average molecular weight is 479 g/mol.